The van der Waals surface area contributed by atoms with Gasteiger partial charge in [-0.25, -0.2) is 0 Å². The number of nitrogens with zero attached hydrogens (tertiary/aromatic N) is 3. The van der Waals surface area contributed by atoms with Gasteiger partial charge in [0.05, 0.1) is 17.6 Å². The second kappa shape index (κ2) is 9.24. The van der Waals surface area contributed by atoms with Crippen LogP contribution in [0.15, 0.2) is 53.0 Å². The first-order valence-electron chi connectivity index (χ1n) is 9.47. The molecule has 1 heterocycles. The van der Waals surface area contributed by atoms with E-state index in [2.05, 4.69) is 51.4 Å². The molecule has 0 amide bonds. The maximum atomic E-state index is 8.69. The fraction of sp³-hybridized carbons (Fsp3) is 0.381. The van der Waals surface area contributed by atoms with E-state index in [0.717, 1.165) is 47.4 Å². The molecule has 0 bridgehead atoms. The van der Waals surface area contributed by atoms with E-state index in [9.17, 15) is 0 Å². The standard InChI is InChI=1S/C21H27BrN4O/c1-3-24(4-2)13-14-25-19-7-5-6-8-20(19)26(21(25)23)15-16-27-18-11-9-17(22)10-12-18/h5-12,23H,3-4,13-16H2,1-2H3. The summed E-state index contributed by atoms with van der Waals surface area (Å²) in [6.45, 7) is 9.37. The molecule has 0 saturated heterocycles. The average Bonchev–Trinajstić information content (AvgIpc) is 2.96. The molecule has 1 N–H and O–H groups in total. The van der Waals surface area contributed by atoms with E-state index < -0.39 is 0 Å². The molecule has 0 saturated carbocycles. The average molecular weight is 431 g/mol. The van der Waals surface area contributed by atoms with Crippen molar-refractivity contribution in [2.75, 3.05) is 26.2 Å². The molecule has 3 aromatic rings. The Bertz CT molecular complexity index is 925. The van der Waals surface area contributed by atoms with E-state index >= 15 is 0 Å². The van der Waals surface area contributed by atoms with Crippen LogP contribution in [0.5, 0.6) is 5.75 Å². The number of likely N-dealkylation sites (N-methyl/N-ethyl adjacent to an activating group) is 1. The maximum absolute atomic E-state index is 8.69. The zero-order chi connectivity index (χ0) is 19.2. The van der Waals surface area contributed by atoms with E-state index in [1.54, 1.807) is 0 Å². The zero-order valence-corrected chi connectivity index (χ0v) is 17.6. The third-order valence-corrected chi connectivity index (χ3v) is 5.43. The van der Waals surface area contributed by atoms with E-state index in [1.165, 1.54) is 0 Å². The van der Waals surface area contributed by atoms with Crippen molar-refractivity contribution in [3.05, 3.63) is 58.6 Å². The molecule has 0 atom stereocenters. The van der Waals surface area contributed by atoms with Crippen LogP contribution in [0.1, 0.15) is 13.8 Å². The van der Waals surface area contributed by atoms with Gasteiger partial charge in [-0.1, -0.05) is 41.9 Å². The number of ether oxygens (including phenoxy) is 1. The van der Waals surface area contributed by atoms with Crippen molar-refractivity contribution in [3.63, 3.8) is 0 Å². The molecule has 5 nitrogen and oxygen atoms in total. The molecule has 27 heavy (non-hydrogen) atoms. The van der Waals surface area contributed by atoms with Crippen LogP contribution in [0, 0.1) is 5.41 Å². The Balaban J connectivity index is 1.77. The number of rotatable bonds is 9. The van der Waals surface area contributed by atoms with Crippen LogP contribution in [0.25, 0.3) is 11.0 Å². The van der Waals surface area contributed by atoms with Crippen LogP contribution in [0.4, 0.5) is 0 Å². The van der Waals surface area contributed by atoms with Gasteiger partial charge in [-0.3, -0.25) is 5.41 Å². The van der Waals surface area contributed by atoms with Crippen LogP contribution < -0.4 is 10.4 Å². The molecule has 144 valence electrons. The molecule has 0 fully saturated rings. The van der Waals surface area contributed by atoms with Crippen molar-refractivity contribution < 1.29 is 4.74 Å². The lowest BCUT2D eigenvalue weighted by Gasteiger charge is -2.18. The summed E-state index contributed by atoms with van der Waals surface area (Å²) in [6.07, 6.45) is 0. The molecule has 2 aromatic carbocycles. The minimum atomic E-state index is 0.530. The highest BCUT2D eigenvalue weighted by molar-refractivity contribution is 9.10. The van der Waals surface area contributed by atoms with E-state index in [-0.39, 0.29) is 0 Å². The lowest BCUT2D eigenvalue weighted by atomic mass is 10.3. The molecule has 0 radical (unpaired) electrons. The number of nitrogens with one attached hydrogen (secondary N) is 1. The summed E-state index contributed by atoms with van der Waals surface area (Å²) >= 11 is 3.43. The first-order valence-corrected chi connectivity index (χ1v) is 10.3. The summed E-state index contributed by atoms with van der Waals surface area (Å²) in [5.74, 6) is 0.843. The smallest absolute Gasteiger partial charge is 0.203 e. The Morgan fingerprint density at radius 3 is 2.11 bits per heavy atom. The number of imidazole rings is 1. The quantitative estimate of drug-likeness (QED) is 0.555. The van der Waals surface area contributed by atoms with Gasteiger partial charge >= 0.3 is 0 Å². The molecule has 0 aliphatic carbocycles. The van der Waals surface area contributed by atoms with Crippen molar-refractivity contribution in [2.45, 2.75) is 26.9 Å². The van der Waals surface area contributed by atoms with Gasteiger partial charge in [0, 0.05) is 17.6 Å². The molecular weight excluding hydrogens is 404 g/mol. The lowest BCUT2D eigenvalue weighted by molar-refractivity contribution is 0.284. The second-order valence-corrected chi connectivity index (χ2v) is 7.36. The molecule has 0 unspecified atom stereocenters. The van der Waals surface area contributed by atoms with Crippen molar-refractivity contribution in [1.82, 2.24) is 14.0 Å². The van der Waals surface area contributed by atoms with Crippen LogP contribution in [-0.2, 0) is 13.1 Å². The van der Waals surface area contributed by atoms with Crippen LogP contribution in [0.2, 0.25) is 0 Å². The van der Waals surface area contributed by atoms with Gasteiger partial charge in [0.1, 0.15) is 12.4 Å². The maximum Gasteiger partial charge on any atom is 0.203 e. The molecule has 0 aliphatic rings. The lowest BCUT2D eigenvalue weighted by Crippen LogP contribution is -2.32. The summed E-state index contributed by atoms with van der Waals surface area (Å²) in [5.41, 5.74) is 2.72. The van der Waals surface area contributed by atoms with Crippen LogP contribution in [-0.4, -0.2) is 40.3 Å². The Morgan fingerprint density at radius 1 is 0.926 bits per heavy atom. The molecule has 6 heteroatoms. The summed E-state index contributed by atoms with van der Waals surface area (Å²) in [6, 6.07) is 16.1. The summed E-state index contributed by atoms with van der Waals surface area (Å²) < 4.78 is 11.0. The van der Waals surface area contributed by atoms with Crippen molar-refractivity contribution >= 4 is 27.0 Å². The van der Waals surface area contributed by atoms with Gasteiger partial charge in [-0.05, 0) is 49.5 Å². The normalized spacial score (nSPS) is 11.4. The number of para-hydroxylation sites is 2. The predicted octanol–water partition coefficient (Wildman–Crippen LogP) is 4.11. The Labute approximate surface area is 168 Å². The fourth-order valence-electron chi connectivity index (χ4n) is 3.31. The van der Waals surface area contributed by atoms with Gasteiger partial charge < -0.3 is 18.8 Å². The summed E-state index contributed by atoms with van der Waals surface area (Å²) in [5, 5.41) is 8.69. The third-order valence-electron chi connectivity index (χ3n) is 4.91. The molecule has 3 rings (SSSR count). The van der Waals surface area contributed by atoms with E-state index in [4.69, 9.17) is 10.1 Å². The van der Waals surface area contributed by atoms with Crippen molar-refractivity contribution in [1.29, 1.82) is 5.41 Å². The first-order chi connectivity index (χ1) is 13.1. The number of aromatic nitrogens is 2. The molecule has 0 spiro atoms. The highest BCUT2D eigenvalue weighted by Gasteiger charge is 2.11. The van der Waals surface area contributed by atoms with Crippen LogP contribution >= 0.6 is 15.9 Å². The van der Waals surface area contributed by atoms with Crippen molar-refractivity contribution in [2.24, 2.45) is 0 Å². The topological polar surface area (TPSA) is 46.2 Å². The first kappa shape index (κ1) is 19.7. The number of hydrogen-bond acceptors (Lipinski definition) is 3. The number of hydrogen-bond donors (Lipinski definition) is 1. The molecular formula is C21H27BrN4O. The van der Waals surface area contributed by atoms with Gasteiger partial charge in [-0.2, -0.15) is 0 Å². The second-order valence-electron chi connectivity index (χ2n) is 6.44. The monoisotopic (exact) mass is 430 g/mol. The SMILES string of the molecule is CCN(CC)CCn1c(=N)n(CCOc2ccc(Br)cc2)c2ccccc21. The highest BCUT2D eigenvalue weighted by Crippen LogP contribution is 2.17. The Hall–Kier alpha value is -2.05. The summed E-state index contributed by atoms with van der Waals surface area (Å²) in [7, 11) is 0. The van der Waals surface area contributed by atoms with Gasteiger partial charge in [0.15, 0.2) is 0 Å². The summed E-state index contributed by atoms with van der Waals surface area (Å²) in [4.78, 5) is 2.38. The largest absolute Gasteiger partial charge is 0.492 e. The predicted molar refractivity (Wildman–Crippen MR) is 113 cm³/mol. The number of benzene rings is 2. The van der Waals surface area contributed by atoms with E-state index in [1.807, 2.05) is 41.0 Å². The highest BCUT2D eigenvalue weighted by atomic mass is 79.9. The Kier molecular flexibility index (Phi) is 6.74. The van der Waals surface area contributed by atoms with Crippen LogP contribution in [0.3, 0.4) is 0 Å². The minimum absolute atomic E-state index is 0.530. The molecule has 0 aliphatic heterocycles. The zero-order valence-electron chi connectivity index (χ0n) is 16.0. The minimum Gasteiger partial charge on any atom is -0.492 e. The molecule has 1 aromatic heterocycles. The van der Waals surface area contributed by atoms with Gasteiger partial charge in [0.2, 0.25) is 5.62 Å². The van der Waals surface area contributed by atoms with Gasteiger partial charge in [-0.15, -0.1) is 0 Å². The van der Waals surface area contributed by atoms with Gasteiger partial charge in [0.25, 0.3) is 0 Å². The third kappa shape index (κ3) is 4.62. The fourth-order valence-corrected chi connectivity index (χ4v) is 3.58. The van der Waals surface area contributed by atoms with E-state index in [0.29, 0.717) is 18.8 Å². The Morgan fingerprint density at radius 2 is 1.52 bits per heavy atom. The number of halogens is 1. The van der Waals surface area contributed by atoms with Crippen molar-refractivity contribution in [3.8, 4) is 5.75 Å². The number of fused-ring (bicyclic) bond motifs is 1.